The Morgan fingerprint density at radius 3 is 2.42 bits per heavy atom. The van der Waals surface area contributed by atoms with Crippen molar-refractivity contribution in [3.63, 3.8) is 0 Å². The van der Waals surface area contributed by atoms with E-state index in [-0.39, 0.29) is 30.1 Å². The van der Waals surface area contributed by atoms with Crippen LogP contribution in [-0.4, -0.2) is 52.5 Å². The molecule has 1 atom stereocenters. The monoisotopic (exact) mass is 479 g/mol. The molecule has 0 fully saturated rings. The Labute approximate surface area is 175 Å². The molecule has 0 amide bonds. The number of nitrogens with one attached hydrogen (secondary N) is 2. The van der Waals surface area contributed by atoms with Crippen molar-refractivity contribution in [2.45, 2.75) is 33.3 Å². The number of methoxy groups -OCH3 is 1. The maximum atomic E-state index is 5.92. The molecule has 1 unspecified atom stereocenters. The van der Waals surface area contributed by atoms with Crippen molar-refractivity contribution in [3.8, 4) is 11.5 Å². The quantitative estimate of drug-likeness (QED) is 0.221. The minimum Gasteiger partial charge on any atom is -0.493 e. The van der Waals surface area contributed by atoms with Gasteiger partial charge in [0.05, 0.1) is 13.7 Å². The number of aliphatic imine (C=N–C) groups is 1. The summed E-state index contributed by atoms with van der Waals surface area (Å²) in [5, 5.41) is 6.55. The molecule has 1 aromatic carbocycles. The minimum absolute atomic E-state index is 0. The van der Waals surface area contributed by atoms with E-state index in [2.05, 4.69) is 29.5 Å². The highest BCUT2D eigenvalue weighted by molar-refractivity contribution is 14.0. The summed E-state index contributed by atoms with van der Waals surface area (Å²) in [6.07, 6.45) is 0.921. The van der Waals surface area contributed by atoms with E-state index < -0.39 is 0 Å². The SMILES string of the molecule is CN=C(NCCCOCC(C)C)NCC(C)Oc1ccccc1OC.I. The van der Waals surface area contributed by atoms with E-state index in [1.165, 1.54) is 0 Å². The molecule has 1 rings (SSSR count). The van der Waals surface area contributed by atoms with Crippen molar-refractivity contribution in [2.24, 2.45) is 10.9 Å². The summed E-state index contributed by atoms with van der Waals surface area (Å²) in [5.41, 5.74) is 0. The summed E-state index contributed by atoms with van der Waals surface area (Å²) < 4.78 is 16.8. The maximum absolute atomic E-state index is 5.92. The lowest BCUT2D eigenvalue weighted by Crippen LogP contribution is -2.42. The highest BCUT2D eigenvalue weighted by atomic mass is 127. The number of benzene rings is 1. The molecule has 2 N–H and O–H groups in total. The van der Waals surface area contributed by atoms with Crippen LogP contribution < -0.4 is 20.1 Å². The van der Waals surface area contributed by atoms with Gasteiger partial charge in [-0.15, -0.1) is 24.0 Å². The van der Waals surface area contributed by atoms with Gasteiger partial charge in [0.1, 0.15) is 6.10 Å². The Morgan fingerprint density at radius 1 is 1.12 bits per heavy atom. The smallest absolute Gasteiger partial charge is 0.191 e. The molecular weight excluding hydrogens is 445 g/mol. The van der Waals surface area contributed by atoms with Crippen molar-refractivity contribution >= 4 is 29.9 Å². The molecule has 0 saturated carbocycles. The van der Waals surface area contributed by atoms with Crippen LogP contribution >= 0.6 is 24.0 Å². The molecule has 0 spiro atoms. The standard InChI is InChI=1S/C19H33N3O3.HI/c1-15(2)14-24-12-8-11-21-19(20-4)22-13-16(3)25-18-10-7-6-9-17(18)23-5;/h6-7,9-10,15-16H,8,11-14H2,1-5H3,(H2,20,21,22);1H. The second kappa shape index (κ2) is 14.9. The van der Waals surface area contributed by atoms with Gasteiger partial charge in [-0.05, 0) is 31.4 Å². The van der Waals surface area contributed by atoms with Gasteiger partial charge in [0, 0.05) is 26.8 Å². The van der Waals surface area contributed by atoms with Crippen LogP contribution in [0.4, 0.5) is 0 Å². The van der Waals surface area contributed by atoms with E-state index in [4.69, 9.17) is 14.2 Å². The van der Waals surface area contributed by atoms with Gasteiger partial charge in [-0.25, -0.2) is 0 Å². The fourth-order valence-electron chi connectivity index (χ4n) is 2.14. The van der Waals surface area contributed by atoms with Crippen LogP contribution in [-0.2, 0) is 4.74 Å². The minimum atomic E-state index is -0.0239. The summed E-state index contributed by atoms with van der Waals surface area (Å²) in [6, 6.07) is 7.64. The van der Waals surface area contributed by atoms with Crippen LogP contribution in [0.3, 0.4) is 0 Å². The predicted molar refractivity (Wildman–Crippen MR) is 118 cm³/mol. The number of para-hydroxylation sites is 2. The van der Waals surface area contributed by atoms with E-state index in [0.29, 0.717) is 12.5 Å². The number of halogens is 1. The topological polar surface area (TPSA) is 64.1 Å². The second-order valence-electron chi connectivity index (χ2n) is 6.28. The lowest BCUT2D eigenvalue weighted by molar-refractivity contribution is 0.108. The zero-order chi connectivity index (χ0) is 18.5. The fourth-order valence-corrected chi connectivity index (χ4v) is 2.14. The van der Waals surface area contributed by atoms with Crippen LogP contribution in [0, 0.1) is 5.92 Å². The number of hydrogen-bond acceptors (Lipinski definition) is 4. The average molecular weight is 479 g/mol. The van der Waals surface area contributed by atoms with Crippen LogP contribution in [0.5, 0.6) is 11.5 Å². The molecule has 1 aromatic rings. The van der Waals surface area contributed by atoms with Gasteiger partial charge >= 0.3 is 0 Å². The Bertz CT molecular complexity index is 513. The molecule has 0 radical (unpaired) electrons. The van der Waals surface area contributed by atoms with Crippen LogP contribution in [0.25, 0.3) is 0 Å². The largest absolute Gasteiger partial charge is 0.493 e. The third-order valence-corrected chi connectivity index (χ3v) is 3.39. The van der Waals surface area contributed by atoms with E-state index in [1.807, 2.05) is 31.2 Å². The van der Waals surface area contributed by atoms with Crippen LogP contribution in [0.15, 0.2) is 29.3 Å². The summed E-state index contributed by atoms with van der Waals surface area (Å²) in [7, 11) is 3.40. The van der Waals surface area contributed by atoms with Gasteiger partial charge in [-0.1, -0.05) is 26.0 Å². The summed E-state index contributed by atoms with van der Waals surface area (Å²) in [4.78, 5) is 4.22. The fraction of sp³-hybridized carbons (Fsp3) is 0.632. The van der Waals surface area contributed by atoms with Crippen LogP contribution in [0.2, 0.25) is 0 Å². The molecule has 26 heavy (non-hydrogen) atoms. The number of nitrogens with zero attached hydrogens (tertiary/aromatic N) is 1. The molecule has 7 heteroatoms. The second-order valence-corrected chi connectivity index (χ2v) is 6.28. The highest BCUT2D eigenvalue weighted by Gasteiger charge is 2.09. The predicted octanol–water partition coefficient (Wildman–Crippen LogP) is 3.31. The van der Waals surface area contributed by atoms with E-state index in [1.54, 1.807) is 14.2 Å². The highest BCUT2D eigenvalue weighted by Crippen LogP contribution is 2.26. The average Bonchev–Trinajstić information content (AvgIpc) is 2.60. The first kappa shape index (κ1) is 24.8. The number of ether oxygens (including phenoxy) is 3. The third kappa shape index (κ3) is 10.7. The van der Waals surface area contributed by atoms with Gasteiger partial charge < -0.3 is 24.8 Å². The van der Waals surface area contributed by atoms with Gasteiger partial charge in [-0.2, -0.15) is 0 Å². The van der Waals surface area contributed by atoms with Crippen LogP contribution in [0.1, 0.15) is 27.2 Å². The van der Waals surface area contributed by atoms with Gasteiger partial charge in [0.15, 0.2) is 17.5 Å². The molecule has 150 valence electrons. The normalized spacial score (nSPS) is 12.3. The Balaban J connectivity index is 0.00000625. The molecule has 6 nitrogen and oxygen atoms in total. The van der Waals surface area contributed by atoms with E-state index in [9.17, 15) is 0 Å². The van der Waals surface area contributed by atoms with Crippen molar-refractivity contribution in [1.82, 2.24) is 10.6 Å². The molecule has 0 bridgehead atoms. The summed E-state index contributed by atoms with van der Waals surface area (Å²) in [6.45, 7) is 9.34. The zero-order valence-electron chi connectivity index (χ0n) is 16.6. The first-order valence-electron chi connectivity index (χ1n) is 8.88. The lowest BCUT2D eigenvalue weighted by atomic mass is 10.2. The maximum Gasteiger partial charge on any atom is 0.191 e. The first-order valence-corrected chi connectivity index (χ1v) is 8.88. The molecule has 0 aliphatic heterocycles. The van der Waals surface area contributed by atoms with Crippen molar-refractivity contribution in [3.05, 3.63) is 24.3 Å². The van der Waals surface area contributed by atoms with Gasteiger partial charge in [0.2, 0.25) is 0 Å². The molecule has 0 aliphatic rings. The Hall–Kier alpha value is -1.22. The molecule has 0 aliphatic carbocycles. The lowest BCUT2D eigenvalue weighted by Gasteiger charge is -2.19. The number of hydrogen-bond donors (Lipinski definition) is 2. The van der Waals surface area contributed by atoms with Crippen molar-refractivity contribution < 1.29 is 14.2 Å². The molecule has 0 saturated heterocycles. The number of rotatable bonds is 11. The zero-order valence-corrected chi connectivity index (χ0v) is 18.9. The van der Waals surface area contributed by atoms with Crippen molar-refractivity contribution in [1.29, 1.82) is 0 Å². The summed E-state index contributed by atoms with van der Waals surface area (Å²) >= 11 is 0. The van der Waals surface area contributed by atoms with E-state index >= 15 is 0 Å². The first-order chi connectivity index (χ1) is 12.1. The van der Waals surface area contributed by atoms with Crippen molar-refractivity contribution in [2.75, 3.05) is 40.5 Å². The Morgan fingerprint density at radius 2 is 1.81 bits per heavy atom. The third-order valence-electron chi connectivity index (χ3n) is 3.39. The molecule has 0 heterocycles. The molecular formula is C19H34IN3O3. The van der Waals surface area contributed by atoms with Gasteiger partial charge in [0.25, 0.3) is 0 Å². The number of guanidine groups is 1. The molecule has 0 aromatic heterocycles. The Kier molecular flexibility index (Phi) is 14.2. The van der Waals surface area contributed by atoms with E-state index in [0.717, 1.165) is 43.6 Å². The summed E-state index contributed by atoms with van der Waals surface area (Å²) in [5.74, 6) is 2.81. The van der Waals surface area contributed by atoms with Gasteiger partial charge in [-0.3, -0.25) is 4.99 Å².